The minimum absolute atomic E-state index is 0.0679. The van der Waals surface area contributed by atoms with Crippen molar-refractivity contribution in [3.63, 3.8) is 0 Å². The van der Waals surface area contributed by atoms with Crippen LogP contribution in [-0.4, -0.2) is 25.0 Å². The Morgan fingerprint density at radius 1 is 1.41 bits per heavy atom. The van der Waals surface area contributed by atoms with Gasteiger partial charge in [0.1, 0.15) is 5.82 Å². The van der Waals surface area contributed by atoms with Crippen LogP contribution in [0.15, 0.2) is 30.0 Å². The molecule has 0 saturated heterocycles. The van der Waals surface area contributed by atoms with Gasteiger partial charge in [-0.2, -0.15) is 0 Å². The molecule has 0 saturated carbocycles. The summed E-state index contributed by atoms with van der Waals surface area (Å²) in [7, 11) is 3.89. The molecule has 4 heteroatoms. The highest BCUT2D eigenvalue weighted by Gasteiger charge is 1.99. The molecule has 0 aliphatic rings. The van der Waals surface area contributed by atoms with E-state index in [1.54, 1.807) is 12.3 Å². The zero-order chi connectivity index (χ0) is 12.8. The number of carbonyl (C=O) groups is 1. The van der Waals surface area contributed by atoms with Gasteiger partial charge in [0.2, 0.25) is 5.91 Å². The highest BCUT2D eigenvalue weighted by molar-refractivity contribution is 5.87. The van der Waals surface area contributed by atoms with E-state index >= 15 is 0 Å². The number of allylic oxidation sites excluding steroid dienone is 1. The van der Waals surface area contributed by atoms with E-state index in [4.69, 9.17) is 0 Å². The van der Waals surface area contributed by atoms with Gasteiger partial charge in [-0.25, -0.2) is 4.98 Å². The first kappa shape index (κ1) is 13.2. The van der Waals surface area contributed by atoms with Crippen LogP contribution in [-0.2, 0) is 11.3 Å². The number of hydrogen-bond donors (Lipinski definition) is 1. The van der Waals surface area contributed by atoms with Gasteiger partial charge in [-0.05, 0) is 25.5 Å². The zero-order valence-electron chi connectivity index (χ0n) is 10.8. The summed E-state index contributed by atoms with van der Waals surface area (Å²) in [5.74, 6) is 0.839. The molecule has 0 atom stereocenters. The molecule has 0 spiro atoms. The van der Waals surface area contributed by atoms with Gasteiger partial charge in [0.15, 0.2) is 0 Å². The van der Waals surface area contributed by atoms with Crippen molar-refractivity contribution < 1.29 is 4.79 Å². The summed E-state index contributed by atoms with van der Waals surface area (Å²) in [5.41, 5.74) is 1.98. The molecule has 1 heterocycles. The van der Waals surface area contributed by atoms with Gasteiger partial charge < -0.3 is 10.2 Å². The summed E-state index contributed by atoms with van der Waals surface area (Å²) in [6.45, 7) is 4.29. The van der Waals surface area contributed by atoms with Crippen LogP contribution < -0.4 is 10.2 Å². The van der Waals surface area contributed by atoms with E-state index < -0.39 is 0 Å². The Balaban J connectivity index is 2.53. The summed E-state index contributed by atoms with van der Waals surface area (Å²) in [6, 6.07) is 3.90. The quantitative estimate of drug-likeness (QED) is 0.806. The van der Waals surface area contributed by atoms with Gasteiger partial charge >= 0.3 is 0 Å². The van der Waals surface area contributed by atoms with Crippen LogP contribution in [0.1, 0.15) is 19.4 Å². The second-order valence-corrected chi connectivity index (χ2v) is 4.36. The predicted molar refractivity (Wildman–Crippen MR) is 69.8 cm³/mol. The number of hydrogen-bond acceptors (Lipinski definition) is 3. The molecule has 0 aliphatic carbocycles. The molecule has 0 unspecified atom stereocenters. The lowest BCUT2D eigenvalue weighted by molar-refractivity contribution is -0.116. The molecule has 1 aromatic heterocycles. The summed E-state index contributed by atoms with van der Waals surface area (Å²) >= 11 is 0. The first-order valence-corrected chi connectivity index (χ1v) is 5.54. The third-order valence-corrected chi connectivity index (χ3v) is 2.15. The third kappa shape index (κ3) is 4.68. The van der Waals surface area contributed by atoms with Crippen LogP contribution >= 0.6 is 0 Å². The van der Waals surface area contributed by atoms with E-state index in [-0.39, 0.29) is 5.91 Å². The zero-order valence-corrected chi connectivity index (χ0v) is 10.8. The molecule has 0 radical (unpaired) electrons. The van der Waals surface area contributed by atoms with Crippen molar-refractivity contribution in [3.8, 4) is 0 Å². The van der Waals surface area contributed by atoms with Crippen LogP contribution in [0.2, 0.25) is 0 Å². The van der Waals surface area contributed by atoms with Crippen molar-refractivity contribution in [3.05, 3.63) is 35.5 Å². The molecular weight excluding hydrogens is 214 g/mol. The Labute approximate surface area is 102 Å². The maximum Gasteiger partial charge on any atom is 0.244 e. The fraction of sp³-hybridized carbons (Fsp3) is 0.385. The van der Waals surface area contributed by atoms with E-state index in [0.717, 1.165) is 17.0 Å². The molecule has 0 bridgehead atoms. The van der Waals surface area contributed by atoms with E-state index in [9.17, 15) is 4.79 Å². The summed E-state index contributed by atoms with van der Waals surface area (Å²) < 4.78 is 0. The summed E-state index contributed by atoms with van der Waals surface area (Å²) in [6.07, 6.45) is 3.36. The monoisotopic (exact) mass is 233 g/mol. The van der Waals surface area contributed by atoms with Crippen molar-refractivity contribution in [1.29, 1.82) is 0 Å². The molecule has 92 valence electrons. The number of amides is 1. The fourth-order valence-corrected chi connectivity index (χ4v) is 1.29. The Morgan fingerprint density at radius 2 is 2.12 bits per heavy atom. The van der Waals surface area contributed by atoms with Gasteiger partial charge in [-0.1, -0.05) is 11.6 Å². The Morgan fingerprint density at radius 3 is 2.59 bits per heavy atom. The summed E-state index contributed by atoms with van der Waals surface area (Å²) in [5, 5.41) is 2.81. The maximum atomic E-state index is 11.4. The van der Waals surface area contributed by atoms with E-state index in [1.165, 1.54) is 0 Å². The lowest BCUT2D eigenvalue weighted by Crippen LogP contribution is -2.20. The molecule has 1 aromatic rings. The van der Waals surface area contributed by atoms with Crippen LogP contribution in [0.4, 0.5) is 5.82 Å². The lowest BCUT2D eigenvalue weighted by Gasteiger charge is -2.11. The largest absolute Gasteiger partial charge is 0.363 e. The van der Waals surface area contributed by atoms with E-state index in [2.05, 4.69) is 10.3 Å². The average Bonchev–Trinajstić information content (AvgIpc) is 2.26. The van der Waals surface area contributed by atoms with E-state index in [0.29, 0.717) is 6.54 Å². The highest BCUT2D eigenvalue weighted by atomic mass is 16.1. The SMILES string of the molecule is CC(C)=CC(=O)NCc1ccc(N(C)C)nc1. The molecular formula is C13H19N3O. The van der Waals surface area contributed by atoms with Gasteiger partial charge in [-0.3, -0.25) is 4.79 Å². The first-order chi connectivity index (χ1) is 7.99. The normalized spacial score (nSPS) is 9.65. The second-order valence-electron chi connectivity index (χ2n) is 4.36. The molecule has 0 aromatic carbocycles. The van der Waals surface area contributed by atoms with Crippen LogP contribution in [0.25, 0.3) is 0 Å². The van der Waals surface area contributed by atoms with Crippen LogP contribution in [0.3, 0.4) is 0 Å². The van der Waals surface area contributed by atoms with Crippen molar-refractivity contribution in [2.75, 3.05) is 19.0 Å². The second kappa shape index (κ2) is 6.03. The number of nitrogens with zero attached hydrogens (tertiary/aromatic N) is 2. The molecule has 4 nitrogen and oxygen atoms in total. The average molecular weight is 233 g/mol. The standard InChI is InChI=1S/C13H19N3O/c1-10(2)7-13(17)15-9-11-5-6-12(14-8-11)16(3)4/h5-8H,9H2,1-4H3,(H,15,17). The van der Waals surface area contributed by atoms with Crippen molar-refractivity contribution in [2.45, 2.75) is 20.4 Å². The minimum atomic E-state index is -0.0679. The number of anilines is 1. The van der Waals surface area contributed by atoms with Crippen molar-refractivity contribution in [2.24, 2.45) is 0 Å². The minimum Gasteiger partial charge on any atom is -0.363 e. The molecule has 1 amide bonds. The molecule has 17 heavy (non-hydrogen) atoms. The smallest absolute Gasteiger partial charge is 0.244 e. The number of aromatic nitrogens is 1. The Kier molecular flexibility index (Phi) is 4.69. The Bertz CT molecular complexity index is 403. The Hall–Kier alpha value is -1.84. The number of rotatable bonds is 4. The number of carbonyl (C=O) groups excluding carboxylic acids is 1. The van der Waals surface area contributed by atoms with Gasteiger partial charge in [0.25, 0.3) is 0 Å². The van der Waals surface area contributed by atoms with Crippen LogP contribution in [0, 0.1) is 0 Å². The topological polar surface area (TPSA) is 45.2 Å². The number of nitrogens with one attached hydrogen (secondary N) is 1. The fourth-order valence-electron chi connectivity index (χ4n) is 1.29. The van der Waals surface area contributed by atoms with Crippen molar-refractivity contribution >= 4 is 11.7 Å². The molecule has 1 N–H and O–H groups in total. The maximum absolute atomic E-state index is 11.4. The summed E-state index contributed by atoms with van der Waals surface area (Å²) in [4.78, 5) is 17.6. The third-order valence-electron chi connectivity index (χ3n) is 2.15. The lowest BCUT2D eigenvalue weighted by atomic mass is 10.2. The molecule has 0 aliphatic heterocycles. The van der Waals surface area contributed by atoms with Crippen LogP contribution in [0.5, 0.6) is 0 Å². The molecule has 0 fully saturated rings. The van der Waals surface area contributed by atoms with Crippen molar-refractivity contribution in [1.82, 2.24) is 10.3 Å². The first-order valence-electron chi connectivity index (χ1n) is 5.54. The van der Waals surface area contributed by atoms with Gasteiger partial charge in [-0.15, -0.1) is 0 Å². The van der Waals surface area contributed by atoms with Gasteiger partial charge in [0, 0.05) is 32.9 Å². The van der Waals surface area contributed by atoms with Gasteiger partial charge in [0.05, 0.1) is 0 Å². The number of pyridine rings is 1. The van der Waals surface area contributed by atoms with E-state index in [1.807, 2.05) is 45.0 Å². The molecule has 1 rings (SSSR count). The predicted octanol–water partition coefficient (Wildman–Crippen LogP) is 1.73. The highest BCUT2D eigenvalue weighted by Crippen LogP contribution is 2.07.